The summed E-state index contributed by atoms with van der Waals surface area (Å²) >= 11 is 3.10. The van der Waals surface area contributed by atoms with Gasteiger partial charge >= 0.3 is 11.9 Å². The number of esters is 2. The maximum Gasteiger partial charge on any atom is 0.379 e. The Morgan fingerprint density at radius 3 is 2.36 bits per heavy atom. The molecule has 0 aliphatic carbocycles. The van der Waals surface area contributed by atoms with E-state index in [0.29, 0.717) is 22.6 Å². The highest BCUT2D eigenvalue weighted by Gasteiger charge is 2.14. The molecule has 2 aromatic rings. The minimum absolute atomic E-state index is 0.0786. The van der Waals surface area contributed by atoms with Gasteiger partial charge in [-0.3, -0.25) is 0 Å². The summed E-state index contributed by atoms with van der Waals surface area (Å²) in [5.74, 6) is -0.716. The van der Waals surface area contributed by atoms with Gasteiger partial charge in [-0.15, -0.1) is 0 Å². The molecule has 6 nitrogen and oxygen atoms in total. The van der Waals surface area contributed by atoms with Crippen molar-refractivity contribution in [2.75, 3.05) is 20.3 Å². The first-order valence-electron chi connectivity index (χ1n) is 6.34. The molecule has 0 aliphatic heterocycles. The Kier molecular flexibility index (Phi) is 5.74. The van der Waals surface area contributed by atoms with E-state index in [1.807, 2.05) is 0 Å². The van der Waals surface area contributed by atoms with Crippen LogP contribution in [0.4, 0.5) is 0 Å². The second kappa shape index (κ2) is 7.77. The summed E-state index contributed by atoms with van der Waals surface area (Å²) in [4.78, 5) is 23.4. The smallest absolute Gasteiger partial charge is 0.379 e. The molecule has 0 unspecified atom stereocenters. The van der Waals surface area contributed by atoms with Crippen molar-refractivity contribution >= 4 is 27.9 Å². The molecule has 0 saturated carbocycles. The first-order chi connectivity index (χ1) is 10.6. The van der Waals surface area contributed by atoms with E-state index in [2.05, 4.69) is 15.9 Å². The zero-order chi connectivity index (χ0) is 15.9. The molecule has 7 heteroatoms. The predicted molar refractivity (Wildman–Crippen MR) is 80.0 cm³/mol. The number of methoxy groups -OCH3 is 1. The van der Waals surface area contributed by atoms with Gasteiger partial charge in [-0.05, 0) is 52.3 Å². The SMILES string of the molecule is COCCOC(=O)c1ccc(OC(=O)c2ccc(Br)o2)cc1. The number of halogens is 1. The molecule has 0 spiro atoms. The Morgan fingerprint density at radius 1 is 1.05 bits per heavy atom. The van der Waals surface area contributed by atoms with Crippen molar-refractivity contribution in [3.63, 3.8) is 0 Å². The average molecular weight is 369 g/mol. The Balaban J connectivity index is 1.94. The highest BCUT2D eigenvalue weighted by Crippen LogP contribution is 2.18. The van der Waals surface area contributed by atoms with E-state index in [1.165, 1.54) is 37.4 Å². The molecule has 116 valence electrons. The van der Waals surface area contributed by atoms with Crippen LogP contribution < -0.4 is 4.74 Å². The van der Waals surface area contributed by atoms with Crippen LogP contribution in [0.15, 0.2) is 45.5 Å². The molecule has 0 atom stereocenters. The lowest BCUT2D eigenvalue weighted by molar-refractivity contribution is 0.0388. The van der Waals surface area contributed by atoms with Crippen molar-refractivity contribution in [1.29, 1.82) is 0 Å². The Hall–Kier alpha value is -2.12. The second-order valence-corrected chi connectivity index (χ2v) is 4.93. The van der Waals surface area contributed by atoms with E-state index in [1.54, 1.807) is 6.07 Å². The van der Waals surface area contributed by atoms with Gasteiger partial charge in [-0.1, -0.05) is 0 Å². The van der Waals surface area contributed by atoms with E-state index >= 15 is 0 Å². The number of ether oxygens (including phenoxy) is 3. The fourth-order valence-corrected chi connectivity index (χ4v) is 1.85. The lowest BCUT2D eigenvalue weighted by Gasteiger charge is -2.05. The van der Waals surface area contributed by atoms with Crippen LogP contribution in [0.5, 0.6) is 5.75 Å². The summed E-state index contributed by atoms with van der Waals surface area (Å²) in [5, 5.41) is 0. The molecule has 0 aliphatic rings. The van der Waals surface area contributed by atoms with Gasteiger partial charge in [0.15, 0.2) is 4.67 Å². The molecular weight excluding hydrogens is 356 g/mol. The van der Waals surface area contributed by atoms with Gasteiger partial charge in [-0.25, -0.2) is 9.59 Å². The van der Waals surface area contributed by atoms with E-state index < -0.39 is 11.9 Å². The van der Waals surface area contributed by atoms with E-state index in [-0.39, 0.29) is 12.4 Å². The van der Waals surface area contributed by atoms with Gasteiger partial charge in [-0.2, -0.15) is 0 Å². The molecule has 1 heterocycles. The largest absolute Gasteiger partial charge is 0.460 e. The molecule has 0 fully saturated rings. The fourth-order valence-electron chi connectivity index (χ4n) is 1.54. The van der Waals surface area contributed by atoms with Crippen molar-refractivity contribution < 1.29 is 28.2 Å². The van der Waals surface area contributed by atoms with Crippen LogP contribution in [0.25, 0.3) is 0 Å². The van der Waals surface area contributed by atoms with Gasteiger partial charge in [0.25, 0.3) is 0 Å². The Bertz CT molecular complexity index is 646. The summed E-state index contributed by atoms with van der Waals surface area (Å²) in [6.45, 7) is 0.513. The van der Waals surface area contributed by atoms with Crippen LogP contribution in [0.3, 0.4) is 0 Å². The zero-order valence-corrected chi connectivity index (χ0v) is 13.3. The molecule has 2 rings (SSSR count). The molecule has 1 aromatic carbocycles. The Labute approximate surface area is 135 Å². The number of rotatable bonds is 6. The van der Waals surface area contributed by atoms with Crippen molar-refractivity contribution in [2.24, 2.45) is 0 Å². The standard InChI is InChI=1S/C15H13BrO6/c1-19-8-9-20-14(17)10-2-4-11(5-3-10)21-15(18)12-6-7-13(16)22-12/h2-7H,8-9H2,1H3. The second-order valence-electron chi connectivity index (χ2n) is 4.15. The molecule has 0 bridgehead atoms. The summed E-state index contributed by atoms with van der Waals surface area (Å²) < 4.78 is 20.4. The van der Waals surface area contributed by atoms with Crippen LogP contribution in [-0.2, 0) is 9.47 Å². The van der Waals surface area contributed by atoms with Crippen molar-refractivity contribution in [3.05, 3.63) is 52.4 Å². The molecule has 0 radical (unpaired) electrons. The predicted octanol–water partition coefficient (Wildman–Crippen LogP) is 3.06. The van der Waals surface area contributed by atoms with Crippen LogP contribution >= 0.6 is 15.9 Å². The third kappa shape index (κ3) is 4.44. The molecule has 1 aromatic heterocycles. The zero-order valence-electron chi connectivity index (χ0n) is 11.7. The Morgan fingerprint density at radius 2 is 1.77 bits per heavy atom. The molecule has 0 amide bonds. The monoisotopic (exact) mass is 368 g/mol. The summed E-state index contributed by atoms with van der Waals surface area (Å²) in [7, 11) is 1.52. The van der Waals surface area contributed by atoms with Crippen LogP contribution in [0.1, 0.15) is 20.9 Å². The molecular formula is C15H13BrO6. The van der Waals surface area contributed by atoms with E-state index in [4.69, 9.17) is 18.6 Å². The number of benzene rings is 1. The maximum absolute atomic E-state index is 11.8. The van der Waals surface area contributed by atoms with Crippen LogP contribution in [-0.4, -0.2) is 32.3 Å². The van der Waals surface area contributed by atoms with Gasteiger partial charge < -0.3 is 18.6 Å². The minimum Gasteiger partial charge on any atom is -0.460 e. The van der Waals surface area contributed by atoms with Crippen LogP contribution in [0, 0.1) is 0 Å². The highest BCUT2D eigenvalue weighted by atomic mass is 79.9. The van der Waals surface area contributed by atoms with E-state index in [0.717, 1.165) is 0 Å². The van der Waals surface area contributed by atoms with Gasteiger partial charge in [0.2, 0.25) is 5.76 Å². The van der Waals surface area contributed by atoms with Crippen molar-refractivity contribution in [2.45, 2.75) is 0 Å². The highest BCUT2D eigenvalue weighted by molar-refractivity contribution is 9.10. The number of hydrogen-bond acceptors (Lipinski definition) is 6. The quantitative estimate of drug-likeness (QED) is 0.443. The van der Waals surface area contributed by atoms with Crippen molar-refractivity contribution in [3.8, 4) is 5.75 Å². The van der Waals surface area contributed by atoms with Gasteiger partial charge in [0.05, 0.1) is 12.2 Å². The van der Waals surface area contributed by atoms with Crippen LogP contribution in [0.2, 0.25) is 0 Å². The number of furan rings is 1. The number of carbonyl (C=O) groups excluding carboxylic acids is 2. The topological polar surface area (TPSA) is 75.0 Å². The molecule has 22 heavy (non-hydrogen) atoms. The van der Waals surface area contributed by atoms with E-state index in [9.17, 15) is 9.59 Å². The first kappa shape index (κ1) is 16.3. The number of carbonyl (C=O) groups is 2. The molecule has 0 N–H and O–H groups in total. The molecule has 0 saturated heterocycles. The van der Waals surface area contributed by atoms with Crippen molar-refractivity contribution in [1.82, 2.24) is 0 Å². The lowest BCUT2D eigenvalue weighted by Crippen LogP contribution is -2.10. The summed E-state index contributed by atoms with van der Waals surface area (Å²) in [6.07, 6.45) is 0. The summed E-state index contributed by atoms with van der Waals surface area (Å²) in [6, 6.07) is 9.11. The first-order valence-corrected chi connectivity index (χ1v) is 7.13. The van der Waals surface area contributed by atoms with Gasteiger partial charge in [0, 0.05) is 7.11 Å². The summed E-state index contributed by atoms with van der Waals surface area (Å²) in [5.41, 5.74) is 0.358. The maximum atomic E-state index is 11.8. The average Bonchev–Trinajstić information content (AvgIpc) is 2.95. The fraction of sp³-hybridized carbons (Fsp3) is 0.200. The normalized spacial score (nSPS) is 10.3. The third-order valence-electron chi connectivity index (χ3n) is 2.60. The third-order valence-corrected chi connectivity index (χ3v) is 3.02. The number of hydrogen-bond donors (Lipinski definition) is 0. The lowest BCUT2D eigenvalue weighted by atomic mass is 10.2. The minimum atomic E-state index is -0.624. The van der Waals surface area contributed by atoms with Gasteiger partial charge in [0.1, 0.15) is 12.4 Å².